The van der Waals surface area contributed by atoms with Gasteiger partial charge in [0.2, 0.25) is 5.75 Å². The highest BCUT2D eigenvalue weighted by atomic mass is 32.2. The Morgan fingerprint density at radius 3 is 1.88 bits per heavy atom. The highest BCUT2D eigenvalue weighted by Gasteiger charge is 2.39. The van der Waals surface area contributed by atoms with E-state index in [0.717, 1.165) is 5.56 Å². The van der Waals surface area contributed by atoms with E-state index in [1.807, 2.05) is 6.92 Å². The molecule has 0 aromatic heterocycles. The average Bonchev–Trinajstić information content (AvgIpc) is 2.61. The van der Waals surface area contributed by atoms with Gasteiger partial charge in [0.05, 0.1) is 31.8 Å². The minimum Gasteiger partial charge on any atom is -0.493 e. The van der Waals surface area contributed by atoms with Crippen molar-refractivity contribution in [3.05, 3.63) is 52.4 Å². The third-order valence-electron chi connectivity index (χ3n) is 3.75. The van der Waals surface area contributed by atoms with Crippen LogP contribution in [0.3, 0.4) is 0 Å². The number of hydrogen-bond donors (Lipinski definition) is 0. The van der Waals surface area contributed by atoms with Crippen LogP contribution in [0.4, 0.5) is 0 Å². The number of aryl methyl sites for hydroxylation is 1. The van der Waals surface area contributed by atoms with Gasteiger partial charge in [0.1, 0.15) is 0 Å². The maximum Gasteiger partial charge on any atom is 0.398 e. The van der Waals surface area contributed by atoms with Crippen molar-refractivity contribution in [3.63, 3.8) is 0 Å². The Morgan fingerprint density at radius 1 is 0.960 bits per heavy atom. The summed E-state index contributed by atoms with van der Waals surface area (Å²) >= 11 is 0. The molecule has 1 atom stereocenters. The summed E-state index contributed by atoms with van der Waals surface area (Å²) in [5, 5.41) is -1.30. The fourth-order valence-corrected chi connectivity index (χ4v) is 3.87. The van der Waals surface area contributed by atoms with E-state index in [1.54, 1.807) is 12.1 Å². The van der Waals surface area contributed by atoms with Crippen LogP contribution in [0.1, 0.15) is 16.5 Å². The molecule has 0 bridgehead atoms. The van der Waals surface area contributed by atoms with Gasteiger partial charge in [0.25, 0.3) is 16.4 Å². The Kier molecular flexibility index (Phi) is 5.55. The number of nitrogens with zero attached hydrogens (tertiary/aromatic N) is 1. The standard InChI is InChI=1S/C18H20NO5S/c1-12-6-8-14(9-7-12)25(20,21)18(19-2)13-10-15(22-3)17(24-5)16(11-13)23-4/h2,6-11,18H,1,3-5H3/q+1. The molecule has 0 saturated heterocycles. The van der Waals surface area contributed by atoms with Crippen molar-refractivity contribution in [2.24, 2.45) is 0 Å². The third kappa shape index (κ3) is 3.54. The van der Waals surface area contributed by atoms with E-state index < -0.39 is 15.2 Å². The molecule has 132 valence electrons. The van der Waals surface area contributed by atoms with Crippen LogP contribution in [0, 0.1) is 13.5 Å². The van der Waals surface area contributed by atoms with E-state index in [1.165, 1.54) is 45.6 Å². The van der Waals surface area contributed by atoms with E-state index in [-0.39, 0.29) is 4.90 Å². The molecule has 0 heterocycles. The van der Waals surface area contributed by atoms with Crippen LogP contribution >= 0.6 is 0 Å². The second-order valence-electron chi connectivity index (χ2n) is 5.32. The summed E-state index contributed by atoms with van der Waals surface area (Å²) in [6.07, 6.45) is 0. The molecule has 2 aromatic carbocycles. The zero-order valence-electron chi connectivity index (χ0n) is 14.5. The molecule has 7 heteroatoms. The van der Waals surface area contributed by atoms with Crippen molar-refractivity contribution < 1.29 is 22.6 Å². The first-order chi connectivity index (χ1) is 11.9. The van der Waals surface area contributed by atoms with Gasteiger partial charge in [0, 0.05) is 0 Å². The Morgan fingerprint density at radius 2 is 1.48 bits per heavy atom. The largest absolute Gasteiger partial charge is 0.493 e. The molecule has 25 heavy (non-hydrogen) atoms. The Labute approximate surface area is 147 Å². The molecular formula is C18H20NO5S+. The van der Waals surface area contributed by atoms with Crippen LogP contribution in [-0.2, 0) is 9.84 Å². The summed E-state index contributed by atoms with van der Waals surface area (Å²) < 4.78 is 41.7. The molecule has 0 aliphatic carbocycles. The molecule has 0 N–H and O–H groups in total. The predicted octanol–water partition coefficient (Wildman–Crippen LogP) is 3.46. The van der Waals surface area contributed by atoms with Gasteiger partial charge < -0.3 is 14.2 Å². The molecule has 0 spiro atoms. The third-order valence-corrected chi connectivity index (χ3v) is 5.66. The quantitative estimate of drug-likeness (QED) is 0.787. The van der Waals surface area contributed by atoms with Gasteiger partial charge in [-0.3, -0.25) is 0 Å². The molecule has 2 aromatic rings. The second kappa shape index (κ2) is 7.45. The van der Waals surface area contributed by atoms with Gasteiger partial charge in [-0.05, 0) is 31.2 Å². The lowest BCUT2D eigenvalue weighted by Gasteiger charge is -2.14. The maximum atomic E-state index is 12.9. The van der Waals surface area contributed by atoms with Crippen LogP contribution < -0.4 is 14.2 Å². The number of benzene rings is 2. The van der Waals surface area contributed by atoms with Gasteiger partial charge in [-0.15, -0.1) is 0 Å². The van der Waals surface area contributed by atoms with Gasteiger partial charge in [-0.2, -0.15) is 0 Å². The first kappa shape index (κ1) is 18.6. The lowest BCUT2D eigenvalue weighted by Crippen LogP contribution is -2.11. The second-order valence-corrected chi connectivity index (χ2v) is 7.33. The van der Waals surface area contributed by atoms with Crippen molar-refractivity contribution in [1.29, 1.82) is 0 Å². The van der Waals surface area contributed by atoms with Crippen molar-refractivity contribution >= 4 is 9.84 Å². The molecule has 0 saturated carbocycles. The van der Waals surface area contributed by atoms with Crippen molar-refractivity contribution in [2.75, 3.05) is 21.3 Å². The van der Waals surface area contributed by atoms with Gasteiger partial charge in [0.15, 0.2) is 11.5 Å². The van der Waals surface area contributed by atoms with E-state index in [4.69, 9.17) is 20.8 Å². The molecule has 0 amide bonds. The summed E-state index contributed by atoms with van der Waals surface area (Å²) in [5.41, 5.74) is 1.27. The fraction of sp³-hybridized carbons (Fsp3) is 0.278. The van der Waals surface area contributed by atoms with Crippen molar-refractivity contribution in [3.8, 4) is 23.8 Å². The summed E-state index contributed by atoms with van der Waals surface area (Å²) in [4.78, 5) is 3.73. The number of methoxy groups -OCH3 is 3. The van der Waals surface area contributed by atoms with Gasteiger partial charge >= 0.3 is 5.37 Å². The molecule has 2 rings (SSSR count). The smallest absolute Gasteiger partial charge is 0.398 e. The molecular weight excluding hydrogens is 342 g/mol. The minimum absolute atomic E-state index is 0.131. The highest BCUT2D eigenvalue weighted by Crippen LogP contribution is 2.42. The predicted molar refractivity (Wildman–Crippen MR) is 95.5 cm³/mol. The number of sulfone groups is 1. The summed E-state index contributed by atoms with van der Waals surface area (Å²) in [5.74, 6) is 1.01. The topological polar surface area (TPSA) is 66.2 Å². The van der Waals surface area contributed by atoms with Crippen LogP contribution in [0.2, 0.25) is 0 Å². The summed E-state index contributed by atoms with van der Waals surface area (Å²) in [7, 11) is 0.529. The zero-order chi connectivity index (χ0) is 18.6. The van der Waals surface area contributed by atoms with Crippen LogP contribution in [0.25, 0.3) is 4.85 Å². The van der Waals surface area contributed by atoms with Crippen LogP contribution in [0.5, 0.6) is 17.2 Å². The average molecular weight is 362 g/mol. The first-order valence-electron chi connectivity index (χ1n) is 7.39. The summed E-state index contributed by atoms with van der Waals surface area (Å²) in [6, 6.07) is 9.54. The Bertz CT molecular complexity index is 873. The molecule has 6 nitrogen and oxygen atoms in total. The molecule has 0 aliphatic heterocycles. The SMILES string of the molecule is C#[N+]C(c1cc(OC)c(OC)c(OC)c1)S(=O)(=O)c1ccc(C)cc1. The van der Waals surface area contributed by atoms with Crippen molar-refractivity contribution in [2.45, 2.75) is 17.2 Å². The Hall–Kier alpha value is -2.72. The molecule has 1 unspecified atom stereocenters. The molecule has 0 radical (unpaired) electrons. The number of ether oxygens (including phenoxy) is 3. The van der Waals surface area contributed by atoms with Gasteiger partial charge in [-0.1, -0.05) is 22.5 Å². The van der Waals surface area contributed by atoms with E-state index in [0.29, 0.717) is 22.8 Å². The monoisotopic (exact) mass is 362 g/mol. The number of hydrogen-bond acceptors (Lipinski definition) is 5. The number of rotatable bonds is 6. The summed E-state index contributed by atoms with van der Waals surface area (Å²) in [6.45, 7) is 7.32. The zero-order valence-corrected chi connectivity index (χ0v) is 15.3. The maximum absolute atomic E-state index is 12.9. The van der Waals surface area contributed by atoms with Crippen molar-refractivity contribution in [1.82, 2.24) is 0 Å². The molecule has 0 fully saturated rings. The highest BCUT2D eigenvalue weighted by molar-refractivity contribution is 7.91. The van der Waals surface area contributed by atoms with E-state index in [9.17, 15) is 8.42 Å². The normalized spacial score (nSPS) is 12.1. The van der Waals surface area contributed by atoms with Crippen LogP contribution in [0.15, 0.2) is 41.3 Å². The van der Waals surface area contributed by atoms with E-state index >= 15 is 0 Å². The van der Waals surface area contributed by atoms with Crippen LogP contribution in [-0.4, -0.2) is 29.7 Å². The lowest BCUT2D eigenvalue weighted by atomic mass is 10.2. The minimum atomic E-state index is -3.83. The fourth-order valence-electron chi connectivity index (χ4n) is 2.45. The van der Waals surface area contributed by atoms with Gasteiger partial charge in [-0.25, -0.2) is 8.42 Å². The molecule has 0 aliphatic rings. The Balaban J connectivity index is 2.61. The lowest BCUT2D eigenvalue weighted by molar-refractivity contribution is 0.324. The van der Waals surface area contributed by atoms with E-state index in [2.05, 4.69) is 4.85 Å². The first-order valence-corrected chi connectivity index (χ1v) is 8.94.